The Morgan fingerprint density at radius 1 is 1.00 bits per heavy atom. The molecule has 1 aliphatic heterocycles. The average molecular weight is 330 g/mol. The van der Waals surface area contributed by atoms with Gasteiger partial charge in [-0.1, -0.05) is 0 Å². The SMILES string of the molecule is COC(=O)[C@@H]1C[C@@H](OC(C)=O)[C@H]2OC(C)(C)O[C@@H]2[C@H]1OC(C)=O. The van der Waals surface area contributed by atoms with Gasteiger partial charge in [-0.05, 0) is 13.8 Å². The smallest absolute Gasteiger partial charge is 0.312 e. The van der Waals surface area contributed by atoms with Gasteiger partial charge in [0.2, 0.25) is 0 Å². The second-order valence-electron chi connectivity index (χ2n) is 6.15. The zero-order valence-electron chi connectivity index (χ0n) is 13.9. The third-order valence-corrected chi connectivity index (χ3v) is 3.86. The molecule has 0 N–H and O–H groups in total. The van der Waals surface area contributed by atoms with E-state index in [-0.39, 0.29) is 6.42 Å². The predicted octanol–water partition coefficient (Wildman–Crippen LogP) is 0.563. The second kappa shape index (κ2) is 6.45. The molecule has 0 unspecified atom stereocenters. The van der Waals surface area contributed by atoms with Crippen LogP contribution in [0.2, 0.25) is 0 Å². The van der Waals surface area contributed by atoms with Crippen LogP contribution in [0.4, 0.5) is 0 Å². The van der Waals surface area contributed by atoms with E-state index in [0.29, 0.717) is 0 Å². The molecule has 0 amide bonds. The van der Waals surface area contributed by atoms with Crippen molar-refractivity contribution in [2.24, 2.45) is 5.92 Å². The summed E-state index contributed by atoms with van der Waals surface area (Å²) in [5, 5.41) is 0. The van der Waals surface area contributed by atoms with Crippen LogP contribution in [0.3, 0.4) is 0 Å². The largest absolute Gasteiger partial charge is 0.469 e. The summed E-state index contributed by atoms with van der Waals surface area (Å²) >= 11 is 0. The molecule has 0 aromatic carbocycles. The maximum absolute atomic E-state index is 12.1. The van der Waals surface area contributed by atoms with Crippen molar-refractivity contribution in [1.29, 1.82) is 0 Å². The summed E-state index contributed by atoms with van der Waals surface area (Å²) in [5.74, 6) is -3.33. The highest BCUT2D eigenvalue weighted by Gasteiger charge is 2.58. The molecular formula is C15H22O8. The monoisotopic (exact) mass is 330 g/mol. The molecule has 0 radical (unpaired) electrons. The van der Waals surface area contributed by atoms with E-state index >= 15 is 0 Å². The van der Waals surface area contributed by atoms with Crippen molar-refractivity contribution in [3.8, 4) is 0 Å². The van der Waals surface area contributed by atoms with Crippen molar-refractivity contribution in [3.05, 3.63) is 0 Å². The van der Waals surface area contributed by atoms with Crippen LogP contribution in [-0.2, 0) is 38.1 Å². The van der Waals surface area contributed by atoms with Gasteiger partial charge in [-0.25, -0.2) is 0 Å². The Bertz CT molecular complexity index is 500. The predicted molar refractivity (Wildman–Crippen MR) is 75.1 cm³/mol. The second-order valence-corrected chi connectivity index (χ2v) is 6.15. The number of ether oxygens (including phenoxy) is 5. The maximum atomic E-state index is 12.1. The molecule has 0 aromatic rings. The minimum atomic E-state index is -0.947. The van der Waals surface area contributed by atoms with E-state index in [9.17, 15) is 14.4 Å². The molecule has 0 spiro atoms. The van der Waals surface area contributed by atoms with Crippen LogP contribution in [0, 0.1) is 5.92 Å². The summed E-state index contributed by atoms with van der Waals surface area (Å²) in [6.07, 6.45) is -2.77. The molecule has 2 fully saturated rings. The summed E-state index contributed by atoms with van der Waals surface area (Å²) in [7, 11) is 1.25. The fourth-order valence-corrected chi connectivity index (χ4v) is 3.16. The van der Waals surface area contributed by atoms with Crippen LogP contribution < -0.4 is 0 Å². The van der Waals surface area contributed by atoms with Crippen molar-refractivity contribution in [3.63, 3.8) is 0 Å². The number of methoxy groups -OCH3 is 1. The molecule has 0 bridgehead atoms. The van der Waals surface area contributed by atoms with Gasteiger partial charge in [0.15, 0.2) is 5.79 Å². The number of rotatable bonds is 3. The summed E-state index contributed by atoms with van der Waals surface area (Å²) < 4.78 is 27.0. The van der Waals surface area contributed by atoms with Crippen molar-refractivity contribution in [2.45, 2.75) is 64.3 Å². The molecule has 1 heterocycles. The highest BCUT2D eigenvalue weighted by atomic mass is 16.8. The summed E-state index contributed by atoms with van der Waals surface area (Å²) in [5.41, 5.74) is 0. The van der Waals surface area contributed by atoms with Gasteiger partial charge in [0, 0.05) is 20.3 Å². The number of carbonyl (C=O) groups excluding carboxylic acids is 3. The van der Waals surface area contributed by atoms with Crippen LogP contribution in [0.1, 0.15) is 34.1 Å². The first-order valence-electron chi connectivity index (χ1n) is 7.42. The first-order valence-corrected chi connectivity index (χ1v) is 7.42. The van der Waals surface area contributed by atoms with E-state index < -0.39 is 54.0 Å². The van der Waals surface area contributed by atoms with Crippen LogP contribution in [0.5, 0.6) is 0 Å². The fourth-order valence-electron chi connectivity index (χ4n) is 3.16. The Morgan fingerprint density at radius 2 is 1.57 bits per heavy atom. The number of esters is 3. The lowest BCUT2D eigenvalue weighted by molar-refractivity contribution is -0.188. The Labute approximate surface area is 134 Å². The Kier molecular flexibility index (Phi) is 4.95. The molecular weight excluding hydrogens is 308 g/mol. The van der Waals surface area contributed by atoms with E-state index in [1.165, 1.54) is 21.0 Å². The minimum Gasteiger partial charge on any atom is -0.469 e. The highest BCUT2D eigenvalue weighted by molar-refractivity contribution is 5.75. The topological polar surface area (TPSA) is 97.4 Å². The molecule has 2 rings (SSSR count). The molecule has 2 aliphatic rings. The van der Waals surface area contributed by atoms with Gasteiger partial charge in [-0.2, -0.15) is 0 Å². The zero-order valence-corrected chi connectivity index (χ0v) is 13.9. The van der Waals surface area contributed by atoms with Crippen LogP contribution in [0.15, 0.2) is 0 Å². The third kappa shape index (κ3) is 3.81. The molecule has 5 atom stereocenters. The lowest BCUT2D eigenvalue weighted by Crippen LogP contribution is -2.56. The molecule has 1 saturated heterocycles. The van der Waals surface area contributed by atoms with E-state index in [1.807, 2.05) is 0 Å². The van der Waals surface area contributed by atoms with Crippen LogP contribution in [0.25, 0.3) is 0 Å². The fraction of sp³-hybridized carbons (Fsp3) is 0.800. The molecule has 8 heteroatoms. The van der Waals surface area contributed by atoms with Crippen LogP contribution >= 0.6 is 0 Å². The Balaban J connectivity index is 2.34. The number of fused-ring (bicyclic) bond motifs is 1. The number of hydrogen-bond donors (Lipinski definition) is 0. The van der Waals surface area contributed by atoms with Gasteiger partial charge < -0.3 is 23.7 Å². The quantitative estimate of drug-likeness (QED) is 0.547. The summed E-state index contributed by atoms with van der Waals surface area (Å²) in [6, 6.07) is 0. The molecule has 1 aliphatic carbocycles. The third-order valence-electron chi connectivity index (χ3n) is 3.86. The van der Waals surface area contributed by atoms with Gasteiger partial charge >= 0.3 is 17.9 Å². The van der Waals surface area contributed by atoms with Gasteiger partial charge in [0.05, 0.1) is 7.11 Å². The molecule has 23 heavy (non-hydrogen) atoms. The lowest BCUT2D eigenvalue weighted by Gasteiger charge is -2.39. The normalized spacial score (nSPS) is 35.1. The van der Waals surface area contributed by atoms with E-state index in [0.717, 1.165) is 0 Å². The first-order chi connectivity index (χ1) is 10.6. The zero-order chi connectivity index (χ0) is 17.4. The van der Waals surface area contributed by atoms with Crippen LogP contribution in [-0.4, -0.2) is 55.2 Å². The minimum absolute atomic E-state index is 0.130. The van der Waals surface area contributed by atoms with Crippen molar-refractivity contribution < 1.29 is 38.1 Å². The molecule has 1 saturated carbocycles. The van der Waals surface area contributed by atoms with Gasteiger partial charge in [-0.15, -0.1) is 0 Å². The Hall–Kier alpha value is -1.67. The van der Waals surface area contributed by atoms with E-state index in [1.54, 1.807) is 13.8 Å². The Morgan fingerprint density at radius 3 is 2.09 bits per heavy atom. The maximum Gasteiger partial charge on any atom is 0.312 e. The highest BCUT2D eigenvalue weighted by Crippen LogP contribution is 2.42. The van der Waals surface area contributed by atoms with E-state index in [2.05, 4.69) is 0 Å². The average Bonchev–Trinajstić information content (AvgIpc) is 2.75. The summed E-state index contributed by atoms with van der Waals surface area (Å²) in [6.45, 7) is 5.94. The van der Waals surface area contributed by atoms with Crippen molar-refractivity contribution >= 4 is 17.9 Å². The van der Waals surface area contributed by atoms with Crippen molar-refractivity contribution in [2.75, 3.05) is 7.11 Å². The van der Waals surface area contributed by atoms with Crippen molar-refractivity contribution in [1.82, 2.24) is 0 Å². The summed E-state index contributed by atoms with van der Waals surface area (Å²) in [4.78, 5) is 34.9. The van der Waals surface area contributed by atoms with Gasteiger partial charge in [0.1, 0.15) is 30.3 Å². The molecule has 8 nitrogen and oxygen atoms in total. The van der Waals surface area contributed by atoms with Gasteiger partial charge in [-0.3, -0.25) is 14.4 Å². The first kappa shape index (κ1) is 17.7. The lowest BCUT2D eigenvalue weighted by atomic mass is 9.80. The van der Waals surface area contributed by atoms with Gasteiger partial charge in [0.25, 0.3) is 0 Å². The number of hydrogen-bond acceptors (Lipinski definition) is 8. The molecule has 130 valence electrons. The standard InChI is InChI=1S/C15H22O8/c1-7(16)20-10-6-9(14(18)19-5)11(21-8(2)17)13-12(10)22-15(3,4)23-13/h9-13H,6H2,1-5H3/t9-,10-,11+,12-,13-/m1/s1. The number of carbonyl (C=O) groups is 3. The van der Waals surface area contributed by atoms with E-state index in [4.69, 9.17) is 23.7 Å². The molecule has 0 aromatic heterocycles.